The predicted octanol–water partition coefficient (Wildman–Crippen LogP) is 2.10. The molecule has 0 aliphatic rings. The molecule has 1 aromatic carbocycles. The maximum Gasteiger partial charge on any atom is 0.337 e. The van der Waals surface area contributed by atoms with Crippen molar-refractivity contribution < 1.29 is 9.90 Å². The van der Waals surface area contributed by atoms with Crippen LogP contribution >= 0.6 is 11.6 Å². The van der Waals surface area contributed by atoms with E-state index in [-0.39, 0.29) is 11.4 Å². The van der Waals surface area contributed by atoms with Gasteiger partial charge in [0.2, 0.25) is 5.82 Å². The Bertz CT molecular complexity index is 628. The maximum absolute atomic E-state index is 11.1. The van der Waals surface area contributed by atoms with Crippen molar-refractivity contribution in [2.45, 2.75) is 0 Å². The number of aromatic carboxylic acids is 1. The number of rotatable bonds is 2. The third-order valence-electron chi connectivity index (χ3n) is 2.19. The van der Waals surface area contributed by atoms with Crippen molar-refractivity contribution in [3.8, 4) is 11.8 Å². The summed E-state index contributed by atoms with van der Waals surface area (Å²) < 4.78 is 1.38. The fourth-order valence-electron chi connectivity index (χ4n) is 1.47. The van der Waals surface area contributed by atoms with E-state index in [0.29, 0.717) is 10.7 Å². The van der Waals surface area contributed by atoms with E-state index >= 15 is 0 Å². The van der Waals surface area contributed by atoms with E-state index in [0.717, 1.165) is 0 Å². The Morgan fingerprint density at radius 2 is 2.29 bits per heavy atom. The van der Waals surface area contributed by atoms with Crippen LogP contribution in [0.4, 0.5) is 0 Å². The average Bonchev–Trinajstić information content (AvgIpc) is 2.76. The van der Waals surface area contributed by atoms with Crippen LogP contribution in [0.5, 0.6) is 0 Å². The minimum atomic E-state index is -1.09. The number of nitriles is 1. The maximum atomic E-state index is 11.1. The van der Waals surface area contributed by atoms with E-state index in [9.17, 15) is 4.79 Å². The summed E-state index contributed by atoms with van der Waals surface area (Å²) >= 11 is 5.82. The Balaban J connectivity index is 2.70. The van der Waals surface area contributed by atoms with Gasteiger partial charge in [-0.05, 0) is 18.2 Å². The minimum absolute atomic E-state index is 0.0592. The van der Waals surface area contributed by atoms with E-state index < -0.39 is 5.97 Å². The number of carboxylic acids is 1. The third-order valence-corrected chi connectivity index (χ3v) is 2.43. The summed E-state index contributed by atoms with van der Waals surface area (Å²) in [6.07, 6.45) is 2.93. The zero-order valence-corrected chi connectivity index (χ0v) is 9.22. The number of aromatic nitrogens is 2. The van der Waals surface area contributed by atoms with E-state index in [2.05, 4.69) is 4.98 Å². The second kappa shape index (κ2) is 4.28. The van der Waals surface area contributed by atoms with Crippen LogP contribution in [0.2, 0.25) is 5.02 Å². The first-order chi connectivity index (χ1) is 8.13. The Labute approximate surface area is 102 Å². The first-order valence-corrected chi connectivity index (χ1v) is 4.98. The Morgan fingerprint density at radius 1 is 1.53 bits per heavy atom. The van der Waals surface area contributed by atoms with Gasteiger partial charge in [-0.25, -0.2) is 9.78 Å². The van der Waals surface area contributed by atoms with Crippen LogP contribution in [-0.4, -0.2) is 20.6 Å². The summed E-state index contributed by atoms with van der Waals surface area (Å²) in [6, 6.07) is 6.23. The molecule has 84 valence electrons. The minimum Gasteiger partial charge on any atom is -0.478 e. The molecular weight excluding hydrogens is 242 g/mol. The standard InChI is InChI=1S/C11H6ClN3O2/c12-7-1-2-8(11(16)17)9(5-7)15-4-3-14-10(15)6-13/h1-5H,(H,16,17). The third kappa shape index (κ3) is 1.98. The number of hydrogen-bond acceptors (Lipinski definition) is 3. The summed E-state index contributed by atoms with van der Waals surface area (Å²) in [6.45, 7) is 0. The average molecular weight is 248 g/mol. The first-order valence-electron chi connectivity index (χ1n) is 4.60. The van der Waals surface area contributed by atoms with E-state index in [1.807, 2.05) is 6.07 Å². The Hall–Kier alpha value is -2.32. The van der Waals surface area contributed by atoms with Crippen LogP contribution < -0.4 is 0 Å². The lowest BCUT2D eigenvalue weighted by atomic mass is 10.1. The van der Waals surface area contributed by atoms with Crippen molar-refractivity contribution in [2.75, 3.05) is 0 Å². The van der Waals surface area contributed by atoms with Gasteiger partial charge in [0.1, 0.15) is 6.07 Å². The van der Waals surface area contributed by atoms with Crippen LogP contribution in [0.15, 0.2) is 30.6 Å². The van der Waals surface area contributed by atoms with Gasteiger partial charge >= 0.3 is 5.97 Å². The van der Waals surface area contributed by atoms with Gasteiger partial charge < -0.3 is 5.11 Å². The quantitative estimate of drug-likeness (QED) is 0.881. The zero-order valence-electron chi connectivity index (χ0n) is 8.46. The van der Waals surface area contributed by atoms with E-state index in [4.69, 9.17) is 22.0 Å². The second-order valence-electron chi connectivity index (χ2n) is 3.20. The SMILES string of the molecule is N#Cc1nccn1-c1cc(Cl)ccc1C(=O)O. The van der Waals surface area contributed by atoms with E-state index in [1.54, 1.807) is 0 Å². The number of hydrogen-bond donors (Lipinski definition) is 1. The molecule has 2 rings (SSSR count). The molecule has 17 heavy (non-hydrogen) atoms. The lowest BCUT2D eigenvalue weighted by Crippen LogP contribution is -2.06. The summed E-state index contributed by atoms with van der Waals surface area (Å²) in [4.78, 5) is 14.9. The molecule has 1 N–H and O–H groups in total. The molecular formula is C11H6ClN3O2. The highest BCUT2D eigenvalue weighted by Gasteiger charge is 2.14. The van der Waals surface area contributed by atoms with Crippen LogP contribution in [0.25, 0.3) is 5.69 Å². The molecule has 0 atom stereocenters. The van der Waals surface area contributed by atoms with Crippen LogP contribution in [0.1, 0.15) is 16.2 Å². The van der Waals surface area contributed by atoms with Gasteiger partial charge in [0.25, 0.3) is 0 Å². The summed E-state index contributed by atoms with van der Waals surface area (Å²) in [5.41, 5.74) is 0.378. The molecule has 0 amide bonds. The second-order valence-corrected chi connectivity index (χ2v) is 3.64. The fraction of sp³-hybridized carbons (Fsp3) is 0. The monoisotopic (exact) mass is 247 g/mol. The van der Waals surface area contributed by atoms with Crippen LogP contribution in [-0.2, 0) is 0 Å². The largest absolute Gasteiger partial charge is 0.478 e. The van der Waals surface area contributed by atoms with Crippen LogP contribution in [0.3, 0.4) is 0 Å². The highest BCUT2D eigenvalue weighted by molar-refractivity contribution is 6.30. The lowest BCUT2D eigenvalue weighted by molar-refractivity contribution is 0.0697. The summed E-state index contributed by atoms with van der Waals surface area (Å²) in [5.74, 6) is -0.982. The molecule has 0 aliphatic carbocycles. The molecule has 0 saturated carbocycles. The Morgan fingerprint density at radius 3 is 2.94 bits per heavy atom. The number of nitrogens with zero attached hydrogens (tertiary/aromatic N) is 3. The van der Waals surface area contributed by atoms with Gasteiger partial charge in [0.05, 0.1) is 11.3 Å². The number of benzene rings is 1. The summed E-state index contributed by atoms with van der Waals surface area (Å²) in [7, 11) is 0. The Kier molecular flexibility index (Phi) is 2.81. The topological polar surface area (TPSA) is 78.9 Å². The summed E-state index contributed by atoms with van der Waals surface area (Å²) in [5, 5.41) is 18.3. The smallest absolute Gasteiger partial charge is 0.337 e. The number of imidazole rings is 1. The molecule has 0 saturated heterocycles. The molecule has 2 aromatic rings. The number of carboxylic acid groups (broad SMARTS) is 1. The van der Waals surface area contributed by atoms with E-state index in [1.165, 1.54) is 35.2 Å². The number of halogens is 1. The molecule has 0 fully saturated rings. The molecule has 0 aliphatic heterocycles. The lowest BCUT2D eigenvalue weighted by Gasteiger charge is -2.08. The normalized spacial score (nSPS) is 9.88. The highest BCUT2D eigenvalue weighted by Crippen LogP contribution is 2.21. The van der Waals surface area contributed by atoms with Crippen molar-refractivity contribution in [3.05, 3.63) is 47.0 Å². The molecule has 6 heteroatoms. The first kappa shape index (κ1) is 11.2. The van der Waals surface area contributed by atoms with Gasteiger partial charge in [0, 0.05) is 17.4 Å². The highest BCUT2D eigenvalue weighted by atomic mass is 35.5. The van der Waals surface area contributed by atoms with Crippen molar-refractivity contribution in [2.24, 2.45) is 0 Å². The number of carbonyl (C=O) groups is 1. The van der Waals surface area contributed by atoms with Crippen molar-refractivity contribution in [3.63, 3.8) is 0 Å². The molecule has 0 bridgehead atoms. The fourth-order valence-corrected chi connectivity index (χ4v) is 1.63. The van der Waals surface area contributed by atoms with Gasteiger partial charge in [-0.3, -0.25) is 4.57 Å². The molecule has 0 unspecified atom stereocenters. The molecule has 1 heterocycles. The van der Waals surface area contributed by atoms with Gasteiger partial charge in [0.15, 0.2) is 0 Å². The van der Waals surface area contributed by atoms with Crippen molar-refractivity contribution in [1.29, 1.82) is 5.26 Å². The zero-order chi connectivity index (χ0) is 12.4. The molecule has 5 nitrogen and oxygen atoms in total. The van der Waals surface area contributed by atoms with Gasteiger partial charge in [-0.15, -0.1) is 0 Å². The van der Waals surface area contributed by atoms with Gasteiger partial charge in [-0.2, -0.15) is 5.26 Å². The predicted molar refractivity (Wildman–Crippen MR) is 60.2 cm³/mol. The van der Waals surface area contributed by atoms with Crippen LogP contribution in [0, 0.1) is 11.3 Å². The van der Waals surface area contributed by atoms with Crippen molar-refractivity contribution >= 4 is 17.6 Å². The molecule has 0 radical (unpaired) electrons. The molecule has 1 aromatic heterocycles. The van der Waals surface area contributed by atoms with Gasteiger partial charge in [-0.1, -0.05) is 11.6 Å². The van der Waals surface area contributed by atoms with Crippen molar-refractivity contribution in [1.82, 2.24) is 9.55 Å². The molecule has 0 spiro atoms.